The van der Waals surface area contributed by atoms with Gasteiger partial charge in [-0.3, -0.25) is 4.98 Å². The molecule has 0 unspecified atom stereocenters. The Balaban J connectivity index is 1.87. The van der Waals surface area contributed by atoms with Gasteiger partial charge >= 0.3 is 6.09 Å². The molecule has 1 aromatic heterocycles. The molecule has 1 aliphatic heterocycles. The van der Waals surface area contributed by atoms with Crippen LogP contribution in [0.2, 0.25) is 0 Å². The number of hydrogen-bond donors (Lipinski definition) is 0. The van der Waals surface area contributed by atoms with E-state index in [0.29, 0.717) is 19.1 Å². The van der Waals surface area contributed by atoms with Gasteiger partial charge in [0, 0.05) is 42.5 Å². The third-order valence-corrected chi connectivity index (χ3v) is 3.71. The van der Waals surface area contributed by atoms with E-state index in [4.69, 9.17) is 9.47 Å². The first-order valence-electron chi connectivity index (χ1n) is 8.29. The first-order chi connectivity index (χ1) is 10.7. The average Bonchev–Trinajstić information content (AvgIpc) is 2.43. The van der Waals surface area contributed by atoms with Crippen molar-refractivity contribution in [1.82, 2.24) is 9.88 Å². The molecule has 23 heavy (non-hydrogen) atoms. The summed E-state index contributed by atoms with van der Waals surface area (Å²) < 4.78 is 11.4. The molecule has 0 bridgehead atoms. The smallest absolute Gasteiger partial charge is 0.410 e. The zero-order valence-corrected chi connectivity index (χ0v) is 14.9. The van der Waals surface area contributed by atoms with Crippen molar-refractivity contribution < 1.29 is 14.3 Å². The molecule has 0 saturated carbocycles. The SMILES string of the molecule is Cc1cc(OC[C@H]2CCCN(C(=O)OC(C)(C)C)C2)cc(C)n1. The maximum Gasteiger partial charge on any atom is 0.410 e. The minimum Gasteiger partial charge on any atom is -0.493 e. The van der Waals surface area contributed by atoms with Crippen LogP contribution in [0.5, 0.6) is 5.75 Å². The lowest BCUT2D eigenvalue weighted by atomic mass is 9.99. The van der Waals surface area contributed by atoms with E-state index in [-0.39, 0.29) is 6.09 Å². The molecule has 5 nitrogen and oxygen atoms in total. The fraction of sp³-hybridized carbons (Fsp3) is 0.667. The summed E-state index contributed by atoms with van der Waals surface area (Å²) >= 11 is 0. The Hall–Kier alpha value is -1.78. The van der Waals surface area contributed by atoms with Crippen LogP contribution in [0.25, 0.3) is 0 Å². The predicted molar refractivity (Wildman–Crippen MR) is 89.7 cm³/mol. The highest BCUT2D eigenvalue weighted by molar-refractivity contribution is 5.68. The molecule has 128 valence electrons. The van der Waals surface area contributed by atoms with E-state index in [1.165, 1.54) is 0 Å². The van der Waals surface area contributed by atoms with Gasteiger partial charge < -0.3 is 14.4 Å². The number of nitrogens with zero attached hydrogens (tertiary/aromatic N) is 2. The highest BCUT2D eigenvalue weighted by atomic mass is 16.6. The highest BCUT2D eigenvalue weighted by Crippen LogP contribution is 2.21. The Labute approximate surface area is 139 Å². The molecule has 1 saturated heterocycles. The molecule has 2 rings (SSSR count). The molecule has 5 heteroatoms. The van der Waals surface area contributed by atoms with Gasteiger partial charge in [-0.1, -0.05) is 0 Å². The number of carbonyl (C=O) groups is 1. The predicted octanol–water partition coefficient (Wildman–Crippen LogP) is 3.72. The summed E-state index contributed by atoms with van der Waals surface area (Å²) in [5.41, 5.74) is 1.46. The van der Waals surface area contributed by atoms with Crippen LogP contribution in [0.3, 0.4) is 0 Å². The molecular formula is C18H28N2O3. The van der Waals surface area contributed by atoms with Crippen molar-refractivity contribution in [2.45, 2.75) is 53.1 Å². The minimum atomic E-state index is -0.452. The molecule has 1 aliphatic rings. The van der Waals surface area contributed by atoms with Crippen LogP contribution in [-0.2, 0) is 4.74 Å². The van der Waals surface area contributed by atoms with Gasteiger partial charge in [0.05, 0.1) is 6.61 Å². The first-order valence-corrected chi connectivity index (χ1v) is 8.29. The Kier molecular flexibility index (Phi) is 5.50. The fourth-order valence-corrected chi connectivity index (χ4v) is 2.79. The zero-order chi connectivity index (χ0) is 17.0. The van der Waals surface area contributed by atoms with Crippen molar-refractivity contribution in [2.75, 3.05) is 19.7 Å². The number of aromatic nitrogens is 1. The monoisotopic (exact) mass is 320 g/mol. The molecule has 1 amide bonds. The van der Waals surface area contributed by atoms with E-state index in [9.17, 15) is 4.79 Å². The maximum atomic E-state index is 12.2. The number of piperidine rings is 1. The van der Waals surface area contributed by atoms with Gasteiger partial charge in [-0.15, -0.1) is 0 Å². The van der Waals surface area contributed by atoms with Crippen molar-refractivity contribution >= 4 is 6.09 Å². The number of pyridine rings is 1. The quantitative estimate of drug-likeness (QED) is 0.851. The van der Waals surface area contributed by atoms with Crippen LogP contribution in [0, 0.1) is 19.8 Å². The summed E-state index contributed by atoms with van der Waals surface area (Å²) in [5, 5.41) is 0. The molecule has 2 heterocycles. The topological polar surface area (TPSA) is 51.7 Å². The van der Waals surface area contributed by atoms with Gasteiger partial charge in [-0.25, -0.2) is 4.79 Å². The van der Waals surface area contributed by atoms with E-state index in [1.54, 1.807) is 4.90 Å². The van der Waals surface area contributed by atoms with E-state index >= 15 is 0 Å². The maximum absolute atomic E-state index is 12.2. The van der Waals surface area contributed by atoms with Crippen LogP contribution >= 0.6 is 0 Å². The average molecular weight is 320 g/mol. The first kappa shape index (κ1) is 17.6. The van der Waals surface area contributed by atoms with Gasteiger partial charge in [-0.2, -0.15) is 0 Å². The summed E-state index contributed by atoms with van der Waals surface area (Å²) in [5.74, 6) is 1.19. The summed E-state index contributed by atoms with van der Waals surface area (Å²) in [6.07, 6.45) is 1.84. The van der Waals surface area contributed by atoms with Gasteiger partial charge in [0.15, 0.2) is 0 Å². The molecule has 0 N–H and O–H groups in total. The Morgan fingerprint density at radius 3 is 2.57 bits per heavy atom. The number of likely N-dealkylation sites (tertiary alicyclic amines) is 1. The van der Waals surface area contributed by atoms with Crippen molar-refractivity contribution in [2.24, 2.45) is 5.92 Å². The highest BCUT2D eigenvalue weighted by Gasteiger charge is 2.27. The largest absolute Gasteiger partial charge is 0.493 e. The molecule has 0 aliphatic carbocycles. The van der Waals surface area contributed by atoms with E-state index in [2.05, 4.69) is 4.98 Å². The van der Waals surface area contributed by atoms with Crippen LogP contribution in [0.15, 0.2) is 12.1 Å². The third-order valence-electron chi connectivity index (χ3n) is 3.71. The molecule has 1 aromatic rings. The second-order valence-corrected chi connectivity index (χ2v) is 7.33. The van der Waals surface area contributed by atoms with Crippen LogP contribution in [-0.4, -0.2) is 41.3 Å². The van der Waals surface area contributed by atoms with Gasteiger partial charge in [0.25, 0.3) is 0 Å². The molecule has 0 aromatic carbocycles. The standard InChI is InChI=1S/C18H28N2O3/c1-13-9-16(10-14(2)19-13)22-12-15-7-6-8-20(11-15)17(21)23-18(3,4)5/h9-10,15H,6-8,11-12H2,1-5H3/t15-/m0/s1. The van der Waals surface area contributed by atoms with Crippen molar-refractivity contribution in [1.29, 1.82) is 0 Å². The van der Waals surface area contributed by atoms with Crippen LogP contribution in [0.4, 0.5) is 4.79 Å². The summed E-state index contributed by atoms with van der Waals surface area (Å²) in [6, 6.07) is 3.89. The van der Waals surface area contributed by atoms with Crippen molar-refractivity contribution in [3.63, 3.8) is 0 Å². The normalized spacial score (nSPS) is 18.7. The summed E-state index contributed by atoms with van der Waals surface area (Å²) in [4.78, 5) is 18.3. The second kappa shape index (κ2) is 7.20. The lowest BCUT2D eigenvalue weighted by molar-refractivity contribution is 0.0139. The van der Waals surface area contributed by atoms with Crippen LogP contribution < -0.4 is 4.74 Å². The van der Waals surface area contributed by atoms with E-state index in [0.717, 1.165) is 36.5 Å². The number of rotatable bonds is 3. The van der Waals surface area contributed by atoms with E-state index < -0.39 is 5.60 Å². The van der Waals surface area contributed by atoms with Crippen molar-refractivity contribution in [3.8, 4) is 5.75 Å². The number of amides is 1. The number of carbonyl (C=O) groups excluding carboxylic acids is 1. The number of ether oxygens (including phenoxy) is 2. The third kappa shape index (κ3) is 5.73. The van der Waals surface area contributed by atoms with Gasteiger partial charge in [-0.05, 0) is 47.5 Å². The van der Waals surface area contributed by atoms with Crippen molar-refractivity contribution in [3.05, 3.63) is 23.5 Å². The molecular weight excluding hydrogens is 292 g/mol. The fourth-order valence-electron chi connectivity index (χ4n) is 2.79. The molecule has 0 radical (unpaired) electrons. The Bertz CT molecular complexity index is 531. The van der Waals surface area contributed by atoms with Crippen LogP contribution in [0.1, 0.15) is 45.0 Å². The zero-order valence-electron chi connectivity index (χ0n) is 14.9. The van der Waals surface area contributed by atoms with Gasteiger partial charge in [0.2, 0.25) is 0 Å². The summed E-state index contributed by atoms with van der Waals surface area (Å²) in [6.45, 7) is 11.7. The molecule has 1 atom stereocenters. The summed E-state index contributed by atoms with van der Waals surface area (Å²) in [7, 11) is 0. The second-order valence-electron chi connectivity index (χ2n) is 7.33. The van der Waals surface area contributed by atoms with Gasteiger partial charge in [0.1, 0.15) is 11.4 Å². The lowest BCUT2D eigenvalue weighted by Gasteiger charge is -2.34. The molecule has 1 fully saturated rings. The van der Waals surface area contributed by atoms with E-state index in [1.807, 2.05) is 46.8 Å². The molecule has 0 spiro atoms. The number of hydrogen-bond acceptors (Lipinski definition) is 4. The number of aryl methyl sites for hydroxylation is 2. The Morgan fingerprint density at radius 2 is 1.96 bits per heavy atom. The Morgan fingerprint density at radius 1 is 1.30 bits per heavy atom. The minimum absolute atomic E-state index is 0.224. The lowest BCUT2D eigenvalue weighted by Crippen LogP contribution is -2.44.